The number of amides is 1. The van der Waals surface area contributed by atoms with Gasteiger partial charge in [0.15, 0.2) is 0 Å². The molecule has 3 rings (SSSR count). The third-order valence-electron chi connectivity index (χ3n) is 4.58. The highest BCUT2D eigenvalue weighted by atomic mass is 32.2. The molecule has 1 heterocycles. The molecule has 1 atom stereocenters. The molecule has 0 saturated carbocycles. The molecular weight excluding hydrogens is 336 g/mol. The summed E-state index contributed by atoms with van der Waals surface area (Å²) in [7, 11) is -3.63. The van der Waals surface area contributed by atoms with E-state index in [-0.39, 0.29) is 17.2 Å². The highest BCUT2D eigenvalue weighted by Gasteiger charge is 2.33. The molecule has 132 valence electrons. The van der Waals surface area contributed by atoms with Crippen molar-refractivity contribution in [1.82, 2.24) is 4.72 Å². The van der Waals surface area contributed by atoms with E-state index in [1.54, 1.807) is 29.2 Å². The van der Waals surface area contributed by atoms with E-state index in [1.165, 1.54) is 0 Å². The van der Waals surface area contributed by atoms with Crippen molar-refractivity contribution in [1.29, 1.82) is 0 Å². The fourth-order valence-corrected chi connectivity index (χ4v) is 4.16. The Kier molecular flexibility index (Phi) is 4.67. The first-order valence-electron chi connectivity index (χ1n) is 8.23. The molecule has 1 aliphatic heterocycles. The highest BCUT2D eigenvalue weighted by molar-refractivity contribution is 7.89. The Balaban J connectivity index is 1.76. The van der Waals surface area contributed by atoms with Gasteiger partial charge in [-0.25, -0.2) is 13.1 Å². The normalized spacial score (nSPS) is 18.0. The predicted molar refractivity (Wildman–Crippen MR) is 98.2 cm³/mol. The van der Waals surface area contributed by atoms with E-state index in [4.69, 9.17) is 0 Å². The predicted octanol–water partition coefficient (Wildman–Crippen LogP) is 2.70. The molecule has 1 N–H and O–H groups in total. The van der Waals surface area contributed by atoms with Crippen molar-refractivity contribution < 1.29 is 13.2 Å². The highest BCUT2D eigenvalue weighted by Crippen LogP contribution is 2.25. The number of hydrogen-bond donors (Lipinski definition) is 1. The zero-order chi connectivity index (χ0) is 18.2. The topological polar surface area (TPSA) is 66.5 Å². The number of carbonyl (C=O) groups excluding carboxylic acids is 1. The molecule has 1 fully saturated rings. The van der Waals surface area contributed by atoms with Crippen LogP contribution < -0.4 is 9.62 Å². The first-order valence-corrected chi connectivity index (χ1v) is 9.71. The molecule has 2 aromatic carbocycles. The first kappa shape index (κ1) is 17.6. The van der Waals surface area contributed by atoms with E-state index in [0.29, 0.717) is 6.54 Å². The molecule has 0 spiro atoms. The summed E-state index contributed by atoms with van der Waals surface area (Å²) >= 11 is 0. The number of anilines is 1. The van der Waals surface area contributed by atoms with Crippen LogP contribution >= 0.6 is 0 Å². The van der Waals surface area contributed by atoms with Crippen LogP contribution in [0.15, 0.2) is 47.4 Å². The summed E-state index contributed by atoms with van der Waals surface area (Å²) < 4.78 is 27.7. The van der Waals surface area contributed by atoms with Crippen molar-refractivity contribution in [2.45, 2.75) is 38.1 Å². The lowest BCUT2D eigenvalue weighted by Gasteiger charge is -2.18. The standard InChI is InChI=1S/C19H22N2O3S/c1-13-4-8-18(9-5-13)25(23,24)20-16-11-19(22)21(12-16)17-7-6-14(2)15(3)10-17/h4-10,16,20H,11-12H2,1-3H3/t16-/m1/s1. The van der Waals surface area contributed by atoms with Crippen molar-refractivity contribution >= 4 is 21.6 Å². The van der Waals surface area contributed by atoms with Crippen molar-refractivity contribution in [2.24, 2.45) is 0 Å². The molecule has 5 nitrogen and oxygen atoms in total. The van der Waals surface area contributed by atoms with Gasteiger partial charge in [0, 0.05) is 24.7 Å². The van der Waals surface area contributed by atoms with Crippen LogP contribution in [-0.2, 0) is 14.8 Å². The van der Waals surface area contributed by atoms with Crippen LogP contribution in [0.2, 0.25) is 0 Å². The maximum absolute atomic E-state index is 12.5. The Morgan fingerprint density at radius 1 is 1.00 bits per heavy atom. The summed E-state index contributed by atoms with van der Waals surface area (Å²) in [6, 6.07) is 12.1. The van der Waals surface area contributed by atoms with Crippen LogP contribution in [0.25, 0.3) is 0 Å². The van der Waals surface area contributed by atoms with Crippen LogP contribution in [0.4, 0.5) is 5.69 Å². The number of rotatable bonds is 4. The summed E-state index contributed by atoms with van der Waals surface area (Å²) in [5, 5.41) is 0. The quantitative estimate of drug-likeness (QED) is 0.914. The van der Waals surface area contributed by atoms with Crippen molar-refractivity contribution in [3.8, 4) is 0 Å². The zero-order valence-corrected chi connectivity index (χ0v) is 15.4. The molecule has 6 heteroatoms. The van der Waals surface area contributed by atoms with Gasteiger partial charge in [-0.05, 0) is 56.2 Å². The average molecular weight is 358 g/mol. The van der Waals surface area contributed by atoms with E-state index < -0.39 is 16.1 Å². The largest absolute Gasteiger partial charge is 0.311 e. The van der Waals surface area contributed by atoms with E-state index in [9.17, 15) is 13.2 Å². The summed E-state index contributed by atoms with van der Waals surface area (Å²) in [4.78, 5) is 14.2. The molecule has 1 saturated heterocycles. The van der Waals surface area contributed by atoms with Crippen LogP contribution in [0.5, 0.6) is 0 Å². The number of nitrogens with one attached hydrogen (secondary N) is 1. The van der Waals surface area contributed by atoms with Gasteiger partial charge >= 0.3 is 0 Å². The van der Waals surface area contributed by atoms with Crippen molar-refractivity contribution in [3.63, 3.8) is 0 Å². The number of nitrogens with zero attached hydrogens (tertiary/aromatic N) is 1. The van der Waals surface area contributed by atoms with Gasteiger partial charge in [0.1, 0.15) is 0 Å². The van der Waals surface area contributed by atoms with Gasteiger partial charge in [0.25, 0.3) is 0 Å². The molecule has 0 radical (unpaired) electrons. The molecule has 0 bridgehead atoms. The van der Waals surface area contributed by atoms with Gasteiger partial charge in [0.2, 0.25) is 15.9 Å². The molecule has 1 aliphatic rings. The fraction of sp³-hybridized carbons (Fsp3) is 0.316. The molecular formula is C19H22N2O3S. The van der Waals surface area contributed by atoms with E-state index in [1.807, 2.05) is 39.0 Å². The van der Waals surface area contributed by atoms with Gasteiger partial charge in [-0.1, -0.05) is 23.8 Å². The van der Waals surface area contributed by atoms with E-state index in [0.717, 1.165) is 22.4 Å². The smallest absolute Gasteiger partial charge is 0.240 e. The van der Waals surface area contributed by atoms with Crippen molar-refractivity contribution in [2.75, 3.05) is 11.4 Å². The second-order valence-electron chi connectivity index (χ2n) is 6.61. The third-order valence-corrected chi connectivity index (χ3v) is 6.12. The molecule has 1 amide bonds. The van der Waals surface area contributed by atoms with Gasteiger partial charge in [0.05, 0.1) is 4.90 Å². The van der Waals surface area contributed by atoms with Gasteiger partial charge < -0.3 is 4.90 Å². The molecule has 25 heavy (non-hydrogen) atoms. The maximum Gasteiger partial charge on any atom is 0.240 e. The third kappa shape index (κ3) is 3.75. The van der Waals surface area contributed by atoms with Crippen LogP contribution in [0, 0.1) is 20.8 Å². The SMILES string of the molecule is Cc1ccc(S(=O)(=O)N[C@@H]2CC(=O)N(c3ccc(C)c(C)c3)C2)cc1. The fourth-order valence-electron chi connectivity index (χ4n) is 2.93. The second-order valence-corrected chi connectivity index (χ2v) is 8.32. The minimum atomic E-state index is -3.63. The van der Waals surface area contributed by atoms with Gasteiger partial charge in [-0.15, -0.1) is 0 Å². The number of sulfonamides is 1. The minimum absolute atomic E-state index is 0.0696. The van der Waals surface area contributed by atoms with Crippen LogP contribution in [-0.4, -0.2) is 26.9 Å². The summed E-state index contributed by atoms with van der Waals surface area (Å²) in [6.45, 7) is 6.26. The number of benzene rings is 2. The van der Waals surface area contributed by atoms with E-state index in [2.05, 4.69) is 4.72 Å². The Hall–Kier alpha value is -2.18. The number of aryl methyl sites for hydroxylation is 3. The number of hydrogen-bond acceptors (Lipinski definition) is 3. The monoisotopic (exact) mass is 358 g/mol. The Morgan fingerprint density at radius 3 is 2.32 bits per heavy atom. The molecule has 2 aromatic rings. The molecule has 0 aliphatic carbocycles. The van der Waals surface area contributed by atoms with Gasteiger partial charge in [-0.3, -0.25) is 4.79 Å². The Morgan fingerprint density at radius 2 is 1.68 bits per heavy atom. The Bertz CT molecular complexity index is 905. The lowest BCUT2D eigenvalue weighted by molar-refractivity contribution is -0.117. The lowest BCUT2D eigenvalue weighted by atomic mass is 10.1. The van der Waals surface area contributed by atoms with Gasteiger partial charge in [-0.2, -0.15) is 0 Å². The van der Waals surface area contributed by atoms with E-state index >= 15 is 0 Å². The van der Waals surface area contributed by atoms with Crippen molar-refractivity contribution in [3.05, 3.63) is 59.2 Å². The van der Waals surface area contributed by atoms with Crippen LogP contribution in [0.1, 0.15) is 23.1 Å². The average Bonchev–Trinajstić information content (AvgIpc) is 2.90. The summed E-state index contributed by atoms with van der Waals surface area (Å²) in [5.41, 5.74) is 4.07. The Labute approximate surface area is 148 Å². The molecule has 0 aromatic heterocycles. The molecule has 0 unspecified atom stereocenters. The lowest BCUT2D eigenvalue weighted by Crippen LogP contribution is -2.37. The first-order chi connectivity index (χ1) is 11.8. The second kappa shape index (κ2) is 6.61. The van der Waals surface area contributed by atoms with Crippen LogP contribution in [0.3, 0.4) is 0 Å². The zero-order valence-electron chi connectivity index (χ0n) is 14.6. The summed E-state index contributed by atoms with van der Waals surface area (Å²) in [6.07, 6.45) is 0.165. The minimum Gasteiger partial charge on any atom is -0.311 e. The summed E-state index contributed by atoms with van der Waals surface area (Å²) in [5.74, 6) is -0.0696. The maximum atomic E-state index is 12.5. The number of carbonyl (C=O) groups is 1.